The Bertz CT molecular complexity index is 551. The topological polar surface area (TPSA) is 41.6 Å². The van der Waals surface area contributed by atoms with E-state index in [1.54, 1.807) is 12.0 Å². The predicted molar refractivity (Wildman–Crippen MR) is 77.0 cm³/mol. The van der Waals surface area contributed by atoms with Crippen molar-refractivity contribution in [2.45, 2.75) is 12.6 Å². The largest absolute Gasteiger partial charge is 0.417 e. The van der Waals surface area contributed by atoms with Gasteiger partial charge in [-0.05, 0) is 24.6 Å². The van der Waals surface area contributed by atoms with Crippen LogP contribution in [0.3, 0.4) is 0 Å². The number of urea groups is 1. The van der Waals surface area contributed by atoms with Crippen molar-refractivity contribution in [1.82, 2.24) is 4.90 Å². The Balaban J connectivity index is 2.04. The van der Waals surface area contributed by atoms with Gasteiger partial charge in [-0.2, -0.15) is 13.2 Å². The lowest BCUT2D eigenvalue weighted by Crippen LogP contribution is -2.33. The minimum absolute atomic E-state index is 0.0666. The molecule has 0 saturated carbocycles. The molecule has 1 aromatic carbocycles. The number of methoxy groups -OCH3 is 1. The highest BCUT2D eigenvalue weighted by Crippen LogP contribution is 2.36. The standard InChI is InChI=1S/C14H16ClF3N2O2/c1-22-8-9-4-5-20(7-9)13(21)19-10-2-3-12(15)11(6-10)14(16,17)18/h2-3,6,9H,4-5,7-8H2,1H3,(H,19,21)/t9-/m0/s1. The number of halogens is 4. The molecule has 0 bridgehead atoms. The summed E-state index contributed by atoms with van der Waals surface area (Å²) in [5.74, 6) is 0.256. The molecule has 1 fully saturated rings. The normalized spacial score (nSPS) is 18.6. The van der Waals surface area contributed by atoms with Crippen LogP contribution in [0.25, 0.3) is 0 Å². The van der Waals surface area contributed by atoms with Crippen molar-refractivity contribution >= 4 is 23.3 Å². The predicted octanol–water partition coefficient (Wildman–Crippen LogP) is 3.86. The van der Waals surface area contributed by atoms with Crippen LogP contribution in [-0.2, 0) is 10.9 Å². The third-order valence-corrected chi connectivity index (χ3v) is 3.83. The van der Waals surface area contributed by atoms with Crippen molar-refractivity contribution in [2.24, 2.45) is 5.92 Å². The van der Waals surface area contributed by atoms with Crippen LogP contribution in [0.4, 0.5) is 23.7 Å². The van der Waals surface area contributed by atoms with Crippen LogP contribution in [0.1, 0.15) is 12.0 Å². The quantitative estimate of drug-likeness (QED) is 0.910. The maximum Gasteiger partial charge on any atom is 0.417 e. The minimum Gasteiger partial charge on any atom is -0.384 e. The number of ether oxygens (including phenoxy) is 1. The number of nitrogens with zero attached hydrogens (tertiary/aromatic N) is 1. The van der Waals surface area contributed by atoms with Gasteiger partial charge in [-0.15, -0.1) is 0 Å². The monoisotopic (exact) mass is 336 g/mol. The Labute approximate surface area is 131 Å². The molecule has 8 heteroatoms. The summed E-state index contributed by atoms with van der Waals surface area (Å²) < 4.78 is 43.4. The van der Waals surface area contributed by atoms with Crippen molar-refractivity contribution < 1.29 is 22.7 Å². The molecule has 1 aliphatic heterocycles. The number of benzene rings is 1. The van der Waals surface area contributed by atoms with Gasteiger partial charge in [0.15, 0.2) is 0 Å². The highest BCUT2D eigenvalue weighted by Gasteiger charge is 2.33. The van der Waals surface area contributed by atoms with Crippen molar-refractivity contribution in [2.75, 3.05) is 32.1 Å². The molecule has 1 aromatic rings. The lowest BCUT2D eigenvalue weighted by atomic mass is 10.1. The number of likely N-dealkylation sites (tertiary alicyclic amines) is 1. The van der Waals surface area contributed by atoms with Gasteiger partial charge >= 0.3 is 12.2 Å². The highest BCUT2D eigenvalue weighted by atomic mass is 35.5. The number of amides is 2. The van der Waals surface area contributed by atoms with E-state index in [1.165, 1.54) is 6.07 Å². The molecule has 122 valence electrons. The molecule has 2 amide bonds. The van der Waals surface area contributed by atoms with Gasteiger partial charge in [0, 0.05) is 31.8 Å². The molecular weight excluding hydrogens is 321 g/mol. The van der Waals surface area contributed by atoms with Gasteiger partial charge in [0.1, 0.15) is 0 Å². The summed E-state index contributed by atoms with van der Waals surface area (Å²) in [5.41, 5.74) is -0.900. The molecule has 1 atom stereocenters. The number of rotatable bonds is 3. The van der Waals surface area contributed by atoms with E-state index in [-0.39, 0.29) is 11.6 Å². The summed E-state index contributed by atoms with van der Waals surface area (Å²) in [6, 6.07) is 2.88. The van der Waals surface area contributed by atoms with Gasteiger partial charge in [-0.3, -0.25) is 0 Å². The molecule has 0 radical (unpaired) electrons. The third-order valence-electron chi connectivity index (χ3n) is 3.50. The fourth-order valence-corrected chi connectivity index (χ4v) is 2.64. The smallest absolute Gasteiger partial charge is 0.384 e. The fraction of sp³-hybridized carbons (Fsp3) is 0.500. The van der Waals surface area contributed by atoms with E-state index in [1.807, 2.05) is 0 Å². The summed E-state index contributed by atoms with van der Waals surface area (Å²) in [6.45, 7) is 1.64. The van der Waals surface area contributed by atoms with Crippen LogP contribution in [0.15, 0.2) is 18.2 Å². The van der Waals surface area contributed by atoms with Crippen molar-refractivity contribution in [1.29, 1.82) is 0 Å². The first-order chi connectivity index (χ1) is 10.3. The summed E-state index contributed by atoms with van der Waals surface area (Å²) in [4.78, 5) is 13.6. The zero-order valence-corrected chi connectivity index (χ0v) is 12.7. The van der Waals surface area contributed by atoms with Crippen LogP contribution in [0, 0.1) is 5.92 Å². The van der Waals surface area contributed by atoms with Gasteiger partial charge in [0.05, 0.1) is 17.2 Å². The summed E-state index contributed by atoms with van der Waals surface area (Å²) in [7, 11) is 1.59. The Kier molecular flexibility index (Phi) is 5.18. The fourth-order valence-electron chi connectivity index (χ4n) is 2.41. The second-order valence-electron chi connectivity index (χ2n) is 5.18. The van der Waals surface area contributed by atoms with Gasteiger partial charge in [-0.1, -0.05) is 11.6 Å². The number of hydrogen-bond acceptors (Lipinski definition) is 2. The van der Waals surface area contributed by atoms with Gasteiger partial charge < -0.3 is 15.0 Å². The zero-order valence-electron chi connectivity index (χ0n) is 11.9. The van der Waals surface area contributed by atoms with E-state index in [2.05, 4.69) is 5.32 Å². The van der Waals surface area contributed by atoms with E-state index in [0.29, 0.717) is 19.7 Å². The molecule has 1 heterocycles. The van der Waals surface area contributed by atoms with E-state index in [0.717, 1.165) is 18.6 Å². The number of carbonyl (C=O) groups excluding carboxylic acids is 1. The average molecular weight is 337 g/mol. The third kappa shape index (κ3) is 4.04. The van der Waals surface area contributed by atoms with Gasteiger partial charge in [0.2, 0.25) is 0 Å². The van der Waals surface area contributed by atoms with Crippen molar-refractivity contribution in [3.8, 4) is 0 Å². The molecule has 2 rings (SSSR count). The molecule has 1 aliphatic rings. The summed E-state index contributed by atoms with van der Waals surface area (Å²) in [5, 5.41) is 2.08. The number of nitrogens with one attached hydrogen (secondary N) is 1. The van der Waals surface area contributed by atoms with Gasteiger partial charge in [-0.25, -0.2) is 4.79 Å². The molecule has 0 unspecified atom stereocenters. The average Bonchev–Trinajstić information content (AvgIpc) is 2.89. The van der Waals surface area contributed by atoms with E-state index in [9.17, 15) is 18.0 Å². The molecule has 0 aliphatic carbocycles. The second-order valence-corrected chi connectivity index (χ2v) is 5.59. The molecule has 1 saturated heterocycles. The Morgan fingerprint density at radius 3 is 2.86 bits per heavy atom. The Morgan fingerprint density at radius 2 is 2.23 bits per heavy atom. The van der Waals surface area contributed by atoms with Crippen LogP contribution >= 0.6 is 11.6 Å². The lowest BCUT2D eigenvalue weighted by molar-refractivity contribution is -0.137. The molecular formula is C14H16ClF3N2O2. The minimum atomic E-state index is -4.56. The van der Waals surface area contributed by atoms with E-state index < -0.39 is 22.8 Å². The highest BCUT2D eigenvalue weighted by molar-refractivity contribution is 6.31. The van der Waals surface area contributed by atoms with Crippen LogP contribution in [-0.4, -0.2) is 37.7 Å². The number of carbonyl (C=O) groups is 1. The molecule has 1 N–H and O–H groups in total. The molecule has 0 aromatic heterocycles. The molecule has 22 heavy (non-hydrogen) atoms. The first kappa shape index (κ1) is 16.9. The van der Waals surface area contributed by atoms with Crippen LogP contribution < -0.4 is 5.32 Å². The van der Waals surface area contributed by atoms with Crippen molar-refractivity contribution in [3.05, 3.63) is 28.8 Å². The number of anilines is 1. The Morgan fingerprint density at radius 1 is 1.50 bits per heavy atom. The molecule has 4 nitrogen and oxygen atoms in total. The number of hydrogen-bond donors (Lipinski definition) is 1. The van der Waals surface area contributed by atoms with Crippen molar-refractivity contribution in [3.63, 3.8) is 0 Å². The zero-order chi connectivity index (χ0) is 16.3. The first-order valence-corrected chi connectivity index (χ1v) is 7.10. The van der Waals surface area contributed by atoms with Crippen LogP contribution in [0.2, 0.25) is 5.02 Å². The SMILES string of the molecule is COC[C@H]1CCN(C(=O)Nc2ccc(Cl)c(C(F)(F)F)c2)C1. The number of alkyl halides is 3. The molecule has 0 spiro atoms. The Hall–Kier alpha value is -1.47. The maximum atomic E-state index is 12.8. The lowest BCUT2D eigenvalue weighted by Gasteiger charge is -2.18. The summed E-state index contributed by atoms with van der Waals surface area (Å²) in [6.07, 6.45) is -3.75. The van der Waals surface area contributed by atoms with E-state index in [4.69, 9.17) is 16.3 Å². The van der Waals surface area contributed by atoms with E-state index >= 15 is 0 Å². The maximum absolute atomic E-state index is 12.8. The first-order valence-electron chi connectivity index (χ1n) is 6.73. The van der Waals surface area contributed by atoms with Gasteiger partial charge in [0.25, 0.3) is 0 Å². The second kappa shape index (κ2) is 6.75. The van der Waals surface area contributed by atoms with Crippen LogP contribution in [0.5, 0.6) is 0 Å². The summed E-state index contributed by atoms with van der Waals surface area (Å²) >= 11 is 5.54.